The van der Waals surface area contributed by atoms with E-state index in [1.807, 2.05) is 61.0 Å². The van der Waals surface area contributed by atoms with Crippen molar-refractivity contribution in [3.63, 3.8) is 0 Å². The Kier molecular flexibility index (Phi) is 19.9. The average Bonchev–Trinajstić information content (AvgIpc) is 3.17. The van der Waals surface area contributed by atoms with Crippen molar-refractivity contribution in [3.05, 3.63) is 59.7 Å². The molecular weight excluding hydrogens is 1040 g/mol. The van der Waals surface area contributed by atoms with E-state index >= 15 is 0 Å². The summed E-state index contributed by atoms with van der Waals surface area (Å²) in [6.45, 7) is 1.06. The molecule has 4 saturated heterocycles. The Morgan fingerprint density at radius 3 is 1.46 bits per heavy atom. The van der Waals surface area contributed by atoms with Crippen molar-refractivity contribution in [2.75, 3.05) is 24.6 Å². The van der Waals surface area contributed by atoms with Gasteiger partial charge < -0.3 is 72.0 Å². The summed E-state index contributed by atoms with van der Waals surface area (Å²) in [6, 6.07) is 16.8. The molecule has 0 aromatic heterocycles. The van der Waals surface area contributed by atoms with E-state index in [1.165, 1.54) is 0 Å². The number of rotatable bonds is 4. The monoisotopic (exact) mass is 1060 g/mol. The number of nitrogens with zero attached hydrogens (tertiary/aromatic N) is 2. The normalized spacial score (nSPS) is 27.8. The first-order chi connectivity index (χ1) is 27.4. The summed E-state index contributed by atoms with van der Waals surface area (Å²) in [7, 11) is -22.7. The van der Waals surface area contributed by atoms with E-state index in [4.69, 9.17) is 57.6 Å². The fraction of sp³-hybridized carbons (Fsp3) is 0.364. The van der Waals surface area contributed by atoms with Crippen molar-refractivity contribution in [1.82, 2.24) is 0 Å². The van der Waals surface area contributed by atoms with Crippen LogP contribution in [0.15, 0.2) is 68.3 Å². The summed E-state index contributed by atoms with van der Waals surface area (Å²) in [5.41, 5.74) is 2.00. The van der Waals surface area contributed by atoms with Crippen molar-refractivity contribution >= 4 is 150 Å². The van der Waals surface area contributed by atoms with E-state index in [0.29, 0.717) is 49.5 Å². The Labute approximate surface area is 363 Å². The van der Waals surface area contributed by atoms with E-state index in [0.717, 1.165) is 20.9 Å². The Hall–Kier alpha value is 0.995. The first kappa shape index (κ1) is 46.5. The van der Waals surface area contributed by atoms with Crippen LogP contribution in [0.1, 0.15) is 24.0 Å². The molecule has 4 fully saturated rings. The fourth-order valence-electron chi connectivity index (χ4n) is 4.90. The second-order valence-electron chi connectivity index (χ2n) is 10.8. The topological polar surface area (TPSA) is 215 Å². The number of hydrogen-bond donors (Lipinski definition) is 3. The standard InChI is InChI=1S/C22H29N2O17S2Si11.ClH.Cu/c25-44-28-47-32-51-34-49-30-46(27)31-50-35-52-33-48(29-45-26)37-54(39-50,41-52)16-6-14-43-22-10-4-2-8-20(22)18-24-12-11-23-17-19-7-1-3-9-21(19)42-13-5-15-53(36-47,38-49)40-51;;/h1-4,7-10,17-18,25-27H,5-6,11-16H2;1H;/q;;+1/p-1. The van der Waals surface area contributed by atoms with Gasteiger partial charge in [0, 0.05) is 45.4 Å². The van der Waals surface area contributed by atoms with Crippen molar-refractivity contribution < 1.29 is 87.1 Å². The predicted octanol–water partition coefficient (Wildman–Crippen LogP) is -0.00620. The molecule has 11 radical (unpaired) electrons. The van der Waals surface area contributed by atoms with Crippen molar-refractivity contribution in [1.29, 1.82) is 0 Å². The number of hydrogen-bond acceptors (Lipinski definition) is 21. The summed E-state index contributed by atoms with van der Waals surface area (Å²) in [6.07, 6.45) is 5.00. The molecule has 34 heteroatoms. The number of aliphatic imine (C=N–C) groups is 2. The van der Waals surface area contributed by atoms with E-state index in [2.05, 4.69) is 35.2 Å². The van der Waals surface area contributed by atoms with Gasteiger partial charge in [0.05, 0.1) is 13.1 Å². The maximum absolute atomic E-state index is 11.0. The van der Waals surface area contributed by atoms with Crippen LogP contribution in [-0.4, -0.2) is 156 Å². The molecule has 5 aliphatic heterocycles. The molecule has 0 aliphatic carbocycles. The van der Waals surface area contributed by atoms with Gasteiger partial charge in [-0.25, -0.2) is 0 Å². The van der Waals surface area contributed by atoms with Crippen LogP contribution in [-0.2, 0) is 72.7 Å². The summed E-state index contributed by atoms with van der Waals surface area (Å²) in [5.74, 6) is 1.39. The molecule has 6 bridgehead atoms. The number of thioether (sulfide) groups is 2. The van der Waals surface area contributed by atoms with Crippen LogP contribution < -0.4 is 0 Å². The molecule has 303 valence electrons. The van der Waals surface area contributed by atoms with E-state index in [1.54, 1.807) is 23.5 Å². The number of fused-ring (bicyclic) bond motifs is 6. The Bertz CT molecular complexity index is 1500. The molecule has 2 aromatic carbocycles. The molecule has 2 spiro atoms. The summed E-state index contributed by atoms with van der Waals surface area (Å²) in [5, 5.41) is 0. The zero-order chi connectivity index (χ0) is 39.2. The summed E-state index contributed by atoms with van der Waals surface area (Å²) in [4.78, 5) is 41.2. The molecular formula is C22H29ClCuN2O17S2Si11. The van der Waals surface area contributed by atoms with Gasteiger partial charge in [0.1, 0.15) is 0 Å². The zero-order valence-corrected chi connectivity index (χ0v) is 42.7. The van der Waals surface area contributed by atoms with Gasteiger partial charge in [-0.3, -0.25) is 9.98 Å². The third-order valence-electron chi connectivity index (χ3n) is 7.13. The molecule has 0 amide bonds. The van der Waals surface area contributed by atoms with Crippen LogP contribution in [0.4, 0.5) is 0 Å². The second-order valence-corrected chi connectivity index (χ2v) is 32.1. The number of halogens is 1. The molecule has 19 nitrogen and oxygen atoms in total. The van der Waals surface area contributed by atoms with Gasteiger partial charge in [-0.05, 0) is 36.5 Å². The quantitative estimate of drug-likeness (QED) is 0.344. The van der Waals surface area contributed by atoms with E-state index in [9.17, 15) is 14.4 Å². The van der Waals surface area contributed by atoms with Crippen LogP contribution in [0.5, 0.6) is 0 Å². The van der Waals surface area contributed by atoms with Crippen LogP contribution >= 0.6 is 33.6 Å². The molecule has 2 unspecified atom stereocenters. The van der Waals surface area contributed by atoms with Crippen molar-refractivity contribution in [2.45, 2.75) is 34.7 Å². The Balaban J connectivity index is 0.00000262. The van der Waals surface area contributed by atoms with Crippen LogP contribution in [0, 0.1) is 0 Å². The maximum atomic E-state index is 11.0. The molecule has 7 rings (SSSR count). The average molecular weight is 1070 g/mol. The van der Waals surface area contributed by atoms with Gasteiger partial charge in [0.25, 0.3) is 0 Å². The predicted molar refractivity (Wildman–Crippen MR) is 209 cm³/mol. The molecule has 56 heavy (non-hydrogen) atoms. The molecule has 2 atom stereocenters. The fourth-order valence-corrected chi connectivity index (χ4v) is 34.6. The van der Waals surface area contributed by atoms with Gasteiger partial charge in [0.2, 0.25) is 0 Å². The van der Waals surface area contributed by atoms with Crippen molar-refractivity contribution in [3.8, 4) is 0 Å². The van der Waals surface area contributed by atoms with Crippen LogP contribution in [0.3, 0.4) is 0 Å². The SMILES string of the molecule is O[Si]O[Si]1O[Si]2O[Si]3O[Si](O)O[Si]4O[Si]5O[Si](O[Si]O)O[Si](CCCSc6ccccc6C=NCCN=Cc6ccccc6SCCC[Si](O1)(O3)O2)(O4)O5.[Cl][Cu]. The van der Waals surface area contributed by atoms with E-state index < -0.39 is 104 Å². The van der Waals surface area contributed by atoms with Crippen LogP contribution in [0.2, 0.25) is 12.1 Å². The summed E-state index contributed by atoms with van der Waals surface area (Å²) >= 11 is 6.99. The third kappa shape index (κ3) is 13.7. The van der Waals surface area contributed by atoms with Gasteiger partial charge >= 0.3 is 130 Å². The molecule has 2 aromatic rings. The zero-order valence-electron chi connectivity index (χ0n) is 28.4. The van der Waals surface area contributed by atoms with Gasteiger partial charge in [-0.2, -0.15) is 0 Å². The minimum absolute atomic E-state index is 0.377. The van der Waals surface area contributed by atoms with Crippen molar-refractivity contribution in [2.24, 2.45) is 9.98 Å². The van der Waals surface area contributed by atoms with Gasteiger partial charge in [0.15, 0.2) is 0 Å². The first-order valence-electron chi connectivity index (χ1n) is 16.1. The van der Waals surface area contributed by atoms with Gasteiger partial charge in [-0.1, -0.05) is 36.4 Å². The van der Waals surface area contributed by atoms with Gasteiger partial charge in [-0.15, -0.1) is 23.5 Å². The second kappa shape index (κ2) is 24.0. The minimum atomic E-state index is -3.49. The molecule has 5 heterocycles. The molecule has 5 aliphatic rings. The van der Waals surface area contributed by atoms with Crippen LogP contribution in [0.25, 0.3) is 0 Å². The third-order valence-corrected chi connectivity index (χ3v) is 33.0. The number of benzene rings is 2. The first-order valence-corrected chi connectivity index (χ1v) is 33.5. The van der Waals surface area contributed by atoms with E-state index in [-0.39, 0.29) is 0 Å². The Morgan fingerprint density at radius 1 is 0.625 bits per heavy atom. The molecule has 0 saturated carbocycles. The summed E-state index contributed by atoms with van der Waals surface area (Å²) < 4.78 is 82.0. The Morgan fingerprint density at radius 2 is 1.04 bits per heavy atom. The molecule has 3 N–H and O–H groups in total.